The lowest BCUT2D eigenvalue weighted by Gasteiger charge is -2.04. The molecular formula is C10H17ClN2O2S2. The highest BCUT2D eigenvalue weighted by molar-refractivity contribution is 7.89. The van der Waals surface area contributed by atoms with Crippen molar-refractivity contribution in [3.8, 4) is 0 Å². The van der Waals surface area contributed by atoms with E-state index in [1.54, 1.807) is 11.3 Å². The van der Waals surface area contributed by atoms with E-state index in [1.807, 2.05) is 12.3 Å². The van der Waals surface area contributed by atoms with E-state index in [4.69, 9.17) is 11.6 Å². The van der Waals surface area contributed by atoms with E-state index in [1.165, 1.54) is 0 Å². The Morgan fingerprint density at radius 2 is 2.24 bits per heavy atom. The molecule has 0 amide bonds. The molecule has 0 fully saturated rings. The van der Waals surface area contributed by atoms with Gasteiger partial charge in [-0.25, -0.2) is 18.1 Å². The van der Waals surface area contributed by atoms with Crippen molar-refractivity contribution in [1.82, 2.24) is 9.71 Å². The van der Waals surface area contributed by atoms with Crippen molar-refractivity contribution in [2.24, 2.45) is 0 Å². The Morgan fingerprint density at radius 3 is 2.82 bits per heavy atom. The maximum atomic E-state index is 11.5. The maximum Gasteiger partial charge on any atom is 0.211 e. The molecule has 1 aromatic heterocycles. The molecule has 1 aromatic rings. The third-order valence-electron chi connectivity index (χ3n) is 2.12. The van der Waals surface area contributed by atoms with Gasteiger partial charge in [-0.2, -0.15) is 0 Å². The van der Waals surface area contributed by atoms with E-state index in [0.717, 1.165) is 17.1 Å². The lowest BCUT2D eigenvalue weighted by molar-refractivity contribution is 0.578. The molecular weight excluding hydrogens is 280 g/mol. The fourth-order valence-corrected chi connectivity index (χ4v) is 3.40. The molecule has 1 rings (SSSR count). The predicted octanol–water partition coefficient (Wildman–Crippen LogP) is 1.93. The minimum Gasteiger partial charge on any atom is -0.247 e. The molecule has 0 unspecified atom stereocenters. The van der Waals surface area contributed by atoms with Crippen LogP contribution in [-0.2, 0) is 16.4 Å². The number of sulfonamides is 1. The SMILES string of the molecule is Cc1csc(CCNS(=O)(=O)CCCCCl)n1. The number of thiazole rings is 1. The number of nitrogens with one attached hydrogen (secondary N) is 1. The van der Waals surface area contributed by atoms with Gasteiger partial charge in [-0.05, 0) is 19.8 Å². The first-order valence-electron chi connectivity index (χ1n) is 5.48. The van der Waals surface area contributed by atoms with Gasteiger partial charge in [0.25, 0.3) is 0 Å². The summed E-state index contributed by atoms with van der Waals surface area (Å²) in [7, 11) is -3.15. The molecule has 0 saturated heterocycles. The van der Waals surface area contributed by atoms with Crippen molar-refractivity contribution in [3.63, 3.8) is 0 Å². The summed E-state index contributed by atoms with van der Waals surface area (Å²) in [5, 5.41) is 2.93. The Morgan fingerprint density at radius 1 is 1.47 bits per heavy atom. The van der Waals surface area contributed by atoms with Crippen LogP contribution in [0.4, 0.5) is 0 Å². The Hall–Kier alpha value is -0.170. The highest BCUT2D eigenvalue weighted by atomic mass is 35.5. The van der Waals surface area contributed by atoms with Gasteiger partial charge in [0.15, 0.2) is 0 Å². The zero-order valence-electron chi connectivity index (χ0n) is 9.78. The normalized spacial score (nSPS) is 11.9. The highest BCUT2D eigenvalue weighted by Gasteiger charge is 2.09. The molecule has 0 atom stereocenters. The zero-order valence-corrected chi connectivity index (χ0v) is 12.2. The van der Waals surface area contributed by atoms with Crippen LogP contribution < -0.4 is 4.72 Å². The molecule has 0 aliphatic carbocycles. The molecule has 4 nitrogen and oxygen atoms in total. The fourth-order valence-electron chi connectivity index (χ4n) is 1.29. The Kier molecular flexibility index (Phi) is 6.40. The number of aryl methyl sites for hydroxylation is 1. The summed E-state index contributed by atoms with van der Waals surface area (Å²) in [4.78, 5) is 4.27. The van der Waals surface area contributed by atoms with E-state index in [-0.39, 0.29) is 5.75 Å². The Bertz CT molecular complexity index is 431. The molecule has 0 aliphatic heterocycles. The number of aromatic nitrogens is 1. The van der Waals surface area contributed by atoms with Crippen molar-refractivity contribution < 1.29 is 8.42 Å². The lowest BCUT2D eigenvalue weighted by atomic mass is 10.4. The lowest BCUT2D eigenvalue weighted by Crippen LogP contribution is -2.28. The maximum absolute atomic E-state index is 11.5. The van der Waals surface area contributed by atoms with Crippen molar-refractivity contribution in [2.75, 3.05) is 18.2 Å². The van der Waals surface area contributed by atoms with Crippen molar-refractivity contribution >= 4 is 33.0 Å². The monoisotopic (exact) mass is 296 g/mol. The van der Waals surface area contributed by atoms with Crippen LogP contribution in [0.25, 0.3) is 0 Å². The first-order chi connectivity index (χ1) is 8.03. The number of halogens is 1. The molecule has 0 aromatic carbocycles. The predicted molar refractivity (Wildman–Crippen MR) is 72.3 cm³/mol. The smallest absolute Gasteiger partial charge is 0.211 e. The van der Waals surface area contributed by atoms with Gasteiger partial charge >= 0.3 is 0 Å². The van der Waals surface area contributed by atoms with E-state index in [0.29, 0.717) is 25.3 Å². The van der Waals surface area contributed by atoms with Crippen LogP contribution in [0.15, 0.2) is 5.38 Å². The molecule has 1 heterocycles. The van der Waals surface area contributed by atoms with Gasteiger partial charge in [-0.3, -0.25) is 0 Å². The minimum atomic E-state index is -3.15. The molecule has 1 N–H and O–H groups in total. The number of alkyl halides is 1. The number of unbranched alkanes of at least 4 members (excludes halogenated alkanes) is 1. The molecule has 17 heavy (non-hydrogen) atoms. The van der Waals surface area contributed by atoms with Crippen LogP contribution in [0.1, 0.15) is 23.5 Å². The van der Waals surface area contributed by atoms with Crippen LogP contribution in [-0.4, -0.2) is 31.6 Å². The average Bonchev–Trinajstić information content (AvgIpc) is 2.64. The second-order valence-corrected chi connectivity index (χ2v) is 6.99. The second kappa shape index (κ2) is 7.31. The topological polar surface area (TPSA) is 59.1 Å². The molecule has 0 bridgehead atoms. The fraction of sp³-hybridized carbons (Fsp3) is 0.700. The molecule has 0 radical (unpaired) electrons. The van der Waals surface area contributed by atoms with Gasteiger partial charge in [0, 0.05) is 29.9 Å². The van der Waals surface area contributed by atoms with Gasteiger partial charge in [0.2, 0.25) is 10.0 Å². The van der Waals surface area contributed by atoms with Crippen LogP contribution in [0.2, 0.25) is 0 Å². The zero-order chi connectivity index (χ0) is 12.7. The largest absolute Gasteiger partial charge is 0.247 e. The summed E-state index contributed by atoms with van der Waals surface area (Å²) in [6, 6.07) is 0. The summed E-state index contributed by atoms with van der Waals surface area (Å²) >= 11 is 7.05. The Balaban J connectivity index is 2.25. The highest BCUT2D eigenvalue weighted by Crippen LogP contribution is 2.08. The quantitative estimate of drug-likeness (QED) is 0.589. The number of rotatable bonds is 8. The van der Waals surface area contributed by atoms with Crippen molar-refractivity contribution in [2.45, 2.75) is 26.2 Å². The number of nitrogens with zero attached hydrogens (tertiary/aromatic N) is 1. The summed E-state index contributed by atoms with van der Waals surface area (Å²) < 4.78 is 25.6. The van der Waals surface area contributed by atoms with Crippen LogP contribution >= 0.6 is 22.9 Å². The van der Waals surface area contributed by atoms with Gasteiger partial charge in [-0.1, -0.05) is 0 Å². The van der Waals surface area contributed by atoms with Gasteiger partial charge in [0.1, 0.15) is 0 Å². The summed E-state index contributed by atoms with van der Waals surface area (Å²) in [5.41, 5.74) is 0.981. The molecule has 98 valence electrons. The number of hydrogen-bond acceptors (Lipinski definition) is 4. The molecule has 0 saturated carbocycles. The van der Waals surface area contributed by atoms with Gasteiger partial charge in [0.05, 0.1) is 10.8 Å². The standard InChI is InChI=1S/C10H17ClN2O2S2/c1-9-8-16-10(13-9)4-6-12-17(14,15)7-3-2-5-11/h8,12H,2-7H2,1H3. The summed E-state index contributed by atoms with van der Waals surface area (Å²) in [6.45, 7) is 2.34. The molecule has 7 heteroatoms. The number of hydrogen-bond donors (Lipinski definition) is 1. The van der Waals surface area contributed by atoms with E-state index in [2.05, 4.69) is 9.71 Å². The van der Waals surface area contributed by atoms with E-state index >= 15 is 0 Å². The van der Waals surface area contributed by atoms with Gasteiger partial charge in [-0.15, -0.1) is 22.9 Å². The van der Waals surface area contributed by atoms with E-state index in [9.17, 15) is 8.42 Å². The third-order valence-corrected chi connectivity index (χ3v) is 4.89. The first kappa shape index (κ1) is 14.9. The van der Waals surface area contributed by atoms with Gasteiger partial charge < -0.3 is 0 Å². The molecule has 0 aliphatic rings. The van der Waals surface area contributed by atoms with Crippen LogP contribution in [0.3, 0.4) is 0 Å². The first-order valence-corrected chi connectivity index (χ1v) is 8.54. The summed E-state index contributed by atoms with van der Waals surface area (Å²) in [5.74, 6) is 0.657. The minimum absolute atomic E-state index is 0.149. The summed E-state index contributed by atoms with van der Waals surface area (Å²) in [6.07, 6.45) is 1.98. The van der Waals surface area contributed by atoms with Crippen molar-refractivity contribution in [3.05, 3.63) is 16.1 Å². The molecule has 0 spiro atoms. The third kappa shape index (κ3) is 6.35. The van der Waals surface area contributed by atoms with Crippen LogP contribution in [0.5, 0.6) is 0 Å². The van der Waals surface area contributed by atoms with Crippen molar-refractivity contribution in [1.29, 1.82) is 0 Å². The van der Waals surface area contributed by atoms with Crippen LogP contribution in [0, 0.1) is 6.92 Å². The average molecular weight is 297 g/mol. The Labute approximate surface area is 111 Å². The second-order valence-electron chi connectivity index (χ2n) is 3.74. The van der Waals surface area contributed by atoms with E-state index < -0.39 is 10.0 Å².